The molecular weight excluding hydrogens is 310 g/mol. The Morgan fingerprint density at radius 1 is 1.29 bits per heavy atom. The molecule has 7 nitrogen and oxygen atoms in total. The first-order chi connectivity index (χ1) is 11.2. The molecule has 0 aromatic carbocycles. The SMILES string of the molecule is Cc1noc2nc(C(C)C)cc(C(=O)N[C@@H](CC(C)C)C(=O)O)c12. The van der Waals surface area contributed by atoms with Crippen molar-refractivity contribution in [3.63, 3.8) is 0 Å². The van der Waals surface area contributed by atoms with Gasteiger partial charge in [0.1, 0.15) is 6.04 Å². The van der Waals surface area contributed by atoms with E-state index in [9.17, 15) is 14.7 Å². The molecule has 0 aliphatic carbocycles. The predicted octanol–water partition coefficient (Wildman–Crippen LogP) is 2.88. The Balaban J connectivity index is 2.44. The zero-order chi connectivity index (χ0) is 18.0. The summed E-state index contributed by atoms with van der Waals surface area (Å²) in [6.07, 6.45) is 0.356. The largest absolute Gasteiger partial charge is 0.480 e. The fourth-order valence-corrected chi connectivity index (χ4v) is 2.52. The van der Waals surface area contributed by atoms with Crippen LogP contribution in [0, 0.1) is 12.8 Å². The van der Waals surface area contributed by atoms with Crippen molar-refractivity contribution < 1.29 is 19.2 Å². The molecular formula is C17H23N3O4. The first-order valence-electron chi connectivity index (χ1n) is 8.01. The van der Waals surface area contributed by atoms with Crippen molar-refractivity contribution in [1.29, 1.82) is 0 Å². The van der Waals surface area contributed by atoms with E-state index in [1.165, 1.54) is 0 Å². The summed E-state index contributed by atoms with van der Waals surface area (Å²) < 4.78 is 5.19. The Labute approximate surface area is 140 Å². The van der Waals surface area contributed by atoms with Crippen LogP contribution in [0.3, 0.4) is 0 Å². The van der Waals surface area contributed by atoms with Crippen LogP contribution in [0.4, 0.5) is 0 Å². The van der Waals surface area contributed by atoms with Gasteiger partial charge >= 0.3 is 5.97 Å². The summed E-state index contributed by atoms with van der Waals surface area (Å²) in [5.74, 6) is -1.26. The van der Waals surface area contributed by atoms with Crippen molar-refractivity contribution in [3.05, 3.63) is 23.0 Å². The number of amides is 1. The molecule has 0 saturated heterocycles. The maximum Gasteiger partial charge on any atom is 0.326 e. The highest BCUT2D eigenvalue weighted by Gasteiger charge is 2.25. The number of aryl methyl sites for hydroxylation is 1. The lowest BCUT2D eigenvalue weighted by molar-refractivity contribution is -0.139. The van der Waals surface area contributed by atoms with Gasteiger partial charge in [0.05, 0.1) is 16.6 Å². The standard InChI is InChI=1S/C17H23N3O4/c1-8(2)6-13(17(22)23)18-15(21)11-7-12(9(3)4)19-16-14(11)10(5)20-24-16/h7-9,13H,6H2,1-5H3,(H,18,21)(H,22,23)/t13-/m0/s1. The van der Waals surface area contributed by atoms with Gasteiger partial charge in [-0.05, 0) is 31.2 Å². The molecule has 1 amide bonds. The minimum absolute atomic E-state index is 0.0947. The molecule has 0 aliphatic rings. The molecule has 2 heterocycles. The van der Waals surface area contributed by atoms with E-state index in [0.29, 0.717) is 34.5 Å². The van der Waals surface area contributed by atoms with Crippen molar-refractivity contribution in [2.45, 2.75) is 53.0 Å². The van der Waals surface area contributed by atoms with Crippen LogP contribution in [0.5, 0.6) is 0 Å². The lowest BCUT2D eigenvalue weighted by Gasteiger charge is -2.17. The van der Waals surface area contributed by atoms with Gasteiger partial charge in [-0.3, -0.25) is 4.79 Å². The molecule has 0 unspecified atom stereocenters. The highest BCUT2D eigenvalue weighted by Crippen LogP contribution is 2.25. The van der Waals surface area contributed by atoms with E-state index in [-0.39, 0.29) is 11.8 Å². The van der Waals surface area contributed by atoms with Gasteiger partial charge in [-0.2, -0.15) is 0 Å². The van der Waals surface area contributed by atoms with E-state index >= 15 is 0 Å². The summed E-state index contributed by atoms with van der Waals surface area (Å²) in [7, 11) is 0. The number of hydrogen-bond acceptors (Lipinski definition) is 5. The zero-order valence-electron chi connectivity index (χ0n) is 14.6. The van der Waals surface area contributed by atoms with Crippen molar-refractivity contribution in [2.24, 2.45) is 5.92 Å². The Bertz CT molecular complexity index is 765. The number of aliphatic carboxylic acids is 1. The van der Waals surface area contributed by atoms with Gasteiger partial charge in [-0.1, -0.05) is 32.9 Å². The summed E-state index contributed by atoms with van der Waals surface area (Å²) in [5, 5.41) is 16.3. The van der Waals surface area contributed by atoms with E-state index in [2.05, 4.69) is 15.5 Å². The quantitative estimate of drug-likeness (QED) is 0.842. The van der Waals surface area contributed by atoms with Crippen LogP contribution in [0.15, 0.2) is 10.6 Å². The number of carboxylic acids is 1. The van der Waals surface area contributed by atoms with Crippen LogP contribution >= 0.6 is 0 Å². The molecule has 7 heteroatoms. The smallest absolute Gasteiger partial charge is 0.326 e. The highest BCUT2D eigenvalue weighted by atomic mass is 16.5. The number of carbonyl (C=O) groups is 2. The van der Waals surface area contributed by atoms with Crippen molar-refractivity contribution >= 4 is 23.0 Å². The Hall–Kier alpha value is -2.44. The van der Waals surface area contributed by atoms with Gasteiger partial charge in [0.2, 0.25) is 0 Å². The van der Waals surface area contributed by atoms with Crippen LogP contribution in [0.2, 0.25) is 0 Å². The Kier molecular flexibility index (Phi) is 5.21. The monoisotopic (exact) mass is 333 g/mol. The van der Waals surface area contributed by atoms with Gasteiger partial charge in [-0.25, -0.2) is 9.78 Å². The van der Waals surface area contributed by atoms with E-state index in [1.807, 2.05) is 27.7 Å². The van der Waals surface area contributed by atoms with Crippen LogP contribution in [-0.4, -0.2) is 33.2 Å². The van der Waals surface area contributed by atoms with Crippen LogP contribution in [0.25, 0.3) is 11.1 Å². The molecule has 0 fully saturated rings. The van der Waals surface area contributed by atoms with E-state index in [1.54, 1.807) is 13.0 Å². The summed E-state index contributed by atoms with van der Waals surface area (Å²) in [5.41, 5.74) is 1.88. The van der Waals surface area contributed by atoms with Crippen LogP contribution in [-0.2, 0) is 4.79 Å². The molecule has 2 N–H and O–H groups in total. The minimum atomic E-state index is -1.05. The number of nitrogens with one attached hydrogen (secondary N) is 1. The molecule has 130 valence electrons. The minimum Gasteiger partial charge on any atom is -0.480 e. The molecule has 2 aromatic rings. The summed E-state index contributed by atoms with van der Waals surface area (Å²) >= 11 is 0. The fraction of sp³-hybridized carbons (Fsp3) is 0.529. The number of nitrogens with zero attached hydrogens (tertiary/aromatic N) is 2. The number of hydrogen-bond donors (Lipinski definition) is 2. The molecule has 2 aromatic heterocycles. The Morgan fingerprint density at radius 3 is 2.50 bits per heavy atom. The normalized spacial score (nSPS) is 12.8. The second-order valence-electron chi connectivity index (χ2n) is 6.69. The lowest BCUT2D eigenvalue weighted by atomic mass is 10.0. The van der Waals surface area contributed by atoms with Gasteiger partial charge in [0.25, 0.3) is 11.6 Å². The third-order valence-electron chi connectivity index (χ3n) is 3.78. The third-order valence-corrected chi connectivity index (χ3v) is 3.78. The second kappa shape index (κ2) is 6.98. The van der Waals surface area contributed by atoms with Crippen molar-refractivity contribution in [2.75, 3.05) is 0 Å². The molecule has 0 aliphatic heterocycles. The molecule has 1 atom stereocenters. The molecule has 0 spiro atoms. The van der Waals surface area contributed by atoms with E-state index < -0.39 is 17.9 Å². The number of fused-ring (bicyclic) bond motifs is 1. The van der Waals surface area contributed by atoms with Crippen molar-refractivity contribution in [1.82, 2.24) is 15.5 Å². The first-order valence-corrected chi connectivity index (χ1v) is 8.01. The number of rotatable bonds is 6. The summed E-state index contributed by atoms with van der Waals surface area (Å²) in [6, 6.07) is 0.740. The van der Waals surface area contributed by atoms with E-state index in [0.717, 1.165) is 0 Å². The maximum atomic E-state index is 12.7. The number of carbonyl (C=O) groups excluding carboxylic acids is 1. The Morgan fingerprint density at radius 2 is 1.96 bits per heavy atom. The number of aromatic nitrogens is 2. The zero-order valence-corrected chi connectivity index (χ0v) is 14.6. The van der Waals surface area contributed by atoms with Gasteiger partial charge < -0.3 is 14.9 Å². The van der Waals surface area contributed by atoms with Crippen LogP contribution < -0.4 is 5.32 Å². The predicted molar refractivity (Wildman–Crippen MR) is 89.0 cm³/mol. The van der Waals surface area contributed by atoms with Crippen molar-refractivity contribution in [3.8, 4) is 0 Å². The number of pyridine rings is 1. The average molecular weight is 333 g/mol. The molecule has 2 rings (SSSR count). The van der Waals surface area contributed by atoms with Crippen LogP contribution in [0.1, 0.15) is 61.8 Å². The van der Waals surface area contributed by atoms with Gasteiger partial charge in [0.15, 0.2) is 0 Å². The second-order valence-corrected chi connectivity index (χ2v) is 6.69. The third kappa shape index (κ3) is 3.72. The van der Waals surface area contributed by atoms with E-state index in [4.69, 9.17) is 4.52 Å². The maximum absolute atomic E-state index is 12.7. The van der Waals surface area contributed by atoms with Gasteiger partial charge in [-0.15, -0.1) is 0 Å². The lowest BCUT2D eigenvalue weighted by Crippen LogP contribution is -2.41. The molecule has 0 bridgehead atoms. The number of carboxylic acid groups (broad SMARTS) is 1. The molecule has 0 radical (unpaired) electrons. The fourth-order valence-electron chi connectivity index (χ4n) is 2.52. The summed E-state index contributed by atoms with van der Waals surface area (Å²) in [6.45, 7) is 9.46. The summed E-state index contributed by atoms with van der Waals surface area (Å²) in [4.78, 5) is 28.5. The average Bonchev–Trinajstić information content (AvgIpc) is 2.86. The molecule has 0 saturated carbocycles. The highest BCUT2D eigenvalue weighted by molar-refractivity contribution is 6.07. The topological polar surface area (TPSA) is 105 Å². The first kappa shape index (κ1) is 17.9. The molecule has 24 heavy (non-hydrogen) atoms. The van der Waals surface area contributed by atoms with Gasteiger partial charge in [0, 0.05) is 5.69 Å².